The Kier molecular flexibility index (Phi) is 5.46. The first-order chi connectivity index (χ1) is 12.8. The highest BCUT2D eigenvalue weighted by Crippen LogP contribution is 2.24. The highest BCUT2D eigenvalue weighted by atomic mass is 32.2. The van der Waals surface area contributed by atoms with Crippen LogP contribution in [-0.2, 0) is 26.0 Å². The predicted octanol–water partition coefficient (Wildman–Crippen LogP) is 2.63. The van der Waals surface area contributed by atoms with Gasteiger partial charge in [0, 0.05) is 30.8 Å². The number of rotatable bonds is 7. The number of carboxylic acid groups (broad SMARTS) is 1. The summed E-state index contributed by atoms with van der Waals surface area (Å²) in [5, 5.41) is 8.70. The van der Waals surface area contributed by atoms with Gasteiger partial charge >= 0.3 is 5.97 Å². The van der Waals surface area contributed by atoms with Gasteiger partial charge in [-0.1, -0.05) is 12.1 Å². The highest BCUT2D eigenvalue weighted by Gasteiger charge is 2.22. The zero-order valence-corrected chi connectivity index (χ0v) is 15.4. The first kappa shape index (κ1) is 18.9. The van der Waals surface area contributed by atoms with Crippen LogP contribution in [0.3, 0.4) is 0 Å². The molecule has 142 valence electrons. The number of aryl methyl sites for hydroxylation is 1. The van der Waals surface area contributed by atoms with E-state index >= 15 is 0 Å². The third-order valence-corrected chi connectivity index (χ3v) is 5.76. The largest absolute Gasteiger partial charge is 0.481 e. The summed E-state index contributed by atoms with van der Waals surface area (Å²) in [5.74, 6) is -0.828. The molecule has 7 nitrogen and oxygen atoms in total. The summed E-state index contributed by atoms with van der Waals surface area (Å²) in [5.41, 5.74) is 1.91. The molecule has 1 fully saturated rings. The lowest BCUT2D eigenvalue weighted by molar-refractivity contribution is -0.137. The maximum Gasteiger partial charge on any atom is 0.303 e. The molecule has 2 aromatic carbocycles. The quantitative estimate of drug-likeness (QED) is 0.759. The Bertz CT molecular complexity index is 937. The highest BCUT2D eigenvalue weighted by molar-refractivity contribution is 7.92. The van der Waals surface area contributed by atoms with Crippen molar-refractivity contribution in [3.63, 3.8) is 0 Å². The fourth-order valence-electron chi connectivity index (χ4n) is 2.93. The average Bonchev–Trinajstić information content (AvgIpc) is 3.07. The number of carboxylic acids is 1. The second-order valence-corrected chi connectivity index (χ2v) is 8.02. The van der Waals surface area contributed by atoms with Gasteiger partial charge in [0.25, 0.3) is 10.0 Å². The van der Waals surface area contributed by atoms with Crippen molar-refractivity contribution in [2.45, 2.75) is 30.6 Å². The van der Waals surface area contributed by atoms with Crippen LogP contribution in [0, 0.1) is 0 Å². The van der Waals surface area contributed by atoms with Gasteiger partial charge in [-0.2, -0.15) is 0 Å². The van der Waals surface area contributed by atoms with Gasteiger partial charge in [0.1, 0.15) is 0 Å². The second-order valence-electron chi connectivity index (χ2n) is 6.34. The van der Waals surface area contributed by atoms with Crippen molar-refractivity contribution in [3.05, 3.63) is 54.1 Å². The Morgan fingerprint density at radius 3 is 2.30 bits per heavy atom. The van der Waals surface area contributed by atoms with E-state index in [9.17, 15) is 18.0 Å². The first-order valence-corrected chi connectivity index (χ1v) is 10.1. The van der Waals surface area contributed by atoms with Crippen molar-refractivity contribution < 1.29 is 23.1 Å². The van der Waals surface area contributed by atoms with Crippen LogP contribution in [0.1, 0.15) is 24.8 Å². The molecule has 3 rings (SSSR count). The molecule has 1 saturated heterocycles. The zero-order chi connectivity index (χ0) is 19.4. The fourth-order valence-corrected chi connectivity index (χ4v) is 3.99. The standard InChI is InChI=1S/C19H20N2O5S/c22-18-2-1-13-21(18)16-8-10-17(11-9-16)27(25,26)20-15-6-3-14(4-7-15)5-12-19(23)24/h3-4,6-11,20H,1-2,5,12-13H2,(H,23,24). The first-order valence-electron chi connectivity index (χ1n) is 8.59. The van der Waals surface area contributed by atoms with E-state index in [1.807, 2.05) is 0 Å². The fraction of sp³-hybridized carbons (Fsp3) is 0.263. The number of sulfonamides is 1. The molecule has 0 radical (unpaired) electrons. The van der Waals surface area contributed by atoms with Crippen molar-refractivity contribution in [2.75, 3.05) is 16.2 Å². The minimum atomic E-state index is -3.75. The van der Waals surface area contributed by atoms with Gasteiger partial charge in [-0.05, 0) is 54.8 Å². The minimum absolute atomic E-state index is 0.0247. The number of anilines is 2. The molecule has 8 heteroatoms. The topological polar surface area (TPSA) is 104 Å². The molecule has 27 heavy (non-hydrogen) atoms. The molecule has 0 unspecified atom stereocenters. The molecule has 0 atom stereocenters. The summed E-state index contributed by atoms with van der Waals surface area (Å²) >= 11 is 0. The molecule has 2 aromatic rings. The van der Waals surface area contributed by atoms with Crippen molar-refractivity contribution in [3.8, 4) is 0 Å². The second kappa shape index (κ2) is 7.79. The van der Waals surface area contributed by atoms with Crippen molar-refractivity contribution in [1.82, 2.24) is 0 Å². The van der Waals surface area contributed by atoms with Crippen LogP contribution in [0.4, 0.5) is 11.4 Å². The van der Waals surface area contributed by atoms with Crippen molar-refractivity contribution in [1.29, 1.82) is 0 Å². The number of hydrogen-bond donors (Lipinski definition) is 2. The normalized spacial score (nSPS) is 14.4. The van der Waals surface area contributed by atoms with E-state index in [4.69, 9.17) is 5.11 Å². The molecule has 0 saturated carbocycles. The van der Waals surface area contributed by atoms with E-state index in [0.29, 0.717) is 30.8 Å². The van der Waals surface area contributed by atoms with Crippen LogP contribution >= 0.6 is 0 Å². The molecule has 0 aromatic heterocycles. The summed E-state index contributed by atoms with van der Waals surface area (Å²) in [6.45, 7) is 0.650. The van der Waals surface area contributed by atoms with Crippen LogP contribution in [0.5, 0.6) is 0 Å². The van der Waals surface area contributed by atoms with E-state index < -0.39 is 16.0 Å². The monoisotopic (exact) mass is 388 g/mol. The van der Waals surface area contributed by atoms with E-state index in [1.54, 1.807) is 41.3 Å². The van der Waals surface area contributed by atoms with Crippen LogP contribution in [0.25, 0.3) is 0 Å². The molecule has 1 heterocycles. The van der Waals surface area contributed by atoms with Gasteiger partial charge in [-0.3, -0.25) is 14.3 Å². The third kappa shape index (κ3) is 4.65. The summed E-state index contributed by atoms with van der Waals surface area (Å²) < 4.78 is 27.6. The smallest absolute Gasteiger partial charge is 0.303 e. The number of nitrogens with one attached hydrogen (secondary N) is 1. The number of nitrogens with zero attached hydrogens (tertiary/aromatic N) is 1. The molecule has 1 amide bonds. The van der Waals surface area contributed by atoms with Gasteiger partial charge in [-0.25, -0.2) is 8.42 Å². The lowest BCUT2D eigenvalue weighted by atomic mass is 10.1. The number of carbonyl (C=O) groups is 2. The summed E-state index contributed by atoms with van der Waals surface area (Å²) in [6.07, 6.45) is 1.74. The molecule has 1 aliphatic heterocycles. The summed E-state index contributed by atoms with van der Waals surface area (Å²) in [7, 11) is -3.75. The number of benzene rings is 2. The molecule has 0 bridgehead atoms. The Balaban J connectivity index is 1.69. The van der Waals surface area contributed by atoms with Crippen LogP contribution in [0.2, 0.25) is 0 Å². The van der Waals surface area contributed by atoms with Crippen molar-refractivity contribution in [2.24, 2.45) is 0 Å². The molecular formula is C19H20N2O5S. The average molecular weight is 388 g/mol. The van der Waals surface area contributed by atoms with E-state index in [1.165, 1.54) is 12.1 Å². The number of aliphatic carboxylic acids is 1. The van der Waals surface area contributed by atoms with Crippen molar-refractivity contribution >= 4 is 33.3 Å². The Morgan fingerprint density at radius 1 is 1.07 bits per heavy atom. The molecule has 1 aliphatic rings. The Morgan fingerprint density at radius 2 is 1.74 bits per heavy atom. The van der Waals surface area contributed by atoms with Gasteiger partial charge in [0.2, 0.25) is 5.91 Å². The molecule has 0 spiro atoms. The van der Waals surface area contributed by atoms with E-state index in [0.717, 1.165) is 12.0 Å². The molecular weight excluding hydrogens is 368 g/mol. The molecule has 2 N–H and O–H groups in total. The van der Waals surface area contributed by atoms with E-state index in [2.05, 4.69) is 4.72 Å². The van der Waals surface area contributed by atoms with Crippen LogP contribution in [-0.4, -0.2) is 31.9 Å². The predicted molar refractivity (Wildman–Crippen MR) is 101 cm³/mol. The summed E-state index contributed by atoms with van der Waals surface area (Å²) in [4.78, 5) is 24.1. The van der Waals surface area contributed by atoms with E-state index in [-0.39, 0.29) is 17.2 Å². The Hall–Kier alpha value is -2.87. The van der Waals surface area contributed by atoms with Gasteiger partial charge < -0.3 is 10.0 Å². The number of amides is 1. The zero-order valence-electron chi connectivity index (χ0n) is 14.6. The summed E-state index contributed by atoms with van der Waals surface area (Å²) in [6, 6.07) is 12.8. The van der Waals surface area contributed by atoms with Crippen LogP contribution < -0.4 is 9.62 Å². The SMILES string of the molecule is O=C(O)CCc1ccc(NS(=O)(=O)c2ccc(N3CCCC3=O)cc2)cc1. The Labute approximate surface area is 157 Å². The lowest BCUT2D eigenvalue weighted by Gasteiger charge is -2.16. The maximum absolute atomic E-state index is 12.5. The number of hydrogen-bond acceptors (Lipinski definition) is 4. The van der Waals surface area contributed by atoms with Gasteiger partial charge in [0.15, 0.2) is 0 Å². The molecule has 0 aliphatic carbocycles. The lowest BCUT2D eigenvalue weighted by Crippen LogP contribution is -2.23. The maximum atomic E-state index is 12.5. The third-order valence-electron chi connectivity index (χ3n) is 4.37. The number of carbonyl (C=O) groups excluding carboxylic acids is 1. The van der Waals surface area contributed by atoms with Gasteiger partial charge in [0.05, 0.1) is 4.90 Å². The van der Waals surface area contributed by atoms with Crippen LogP contribution in [0.15, 0.2) is 53.4 Å². The minimum Gasteiger partial charge on any atom is -0.481 e. The van der Waals surface area contributed by atoms with Gasteiger partial charge in [-0.15, -0.1) is 0 Å².